The van der Waals surface area contributed by atoms with Crippen molar-refractivity contribution in [2.75, 3.05) is 12.4 Å². The lowest BCUT2D eigenvalue weighted by Gasteiger charge is -2.24. The third-order valence-corrected chi connectivity index (χ3v) is 8.58. The number of rotatable bonds is 7. The van der Waals surface area contributed by atoms with Gasteiger partial charge in [-0.25, -0.2) is 4.99 Å². The molecular weight excluding hydrogens is 576 g/mol. The number of anilines is 1. The molecule has 4 heterocycles. The summed E-state index contributed by atoms with van der Waals surface area (Å²) in [6.45, 7) is 1.77. The van der Waals surface area contributed by atoms with Gasteiger partial charge < -0.3 is 14.5 Å². The molecule has 1 N–H and O–H groups in total. The highest BCUT2D eigenvalue weighted by Crippen LogP contribution is 2.35. The van der Waals surface area contributed by atoms with Gasteiger partial charge >= 0.3 is 0 Å². The number of benzene rings is 2. The number of nitro benzene ring substituents is 1. The smallest absolute Gasteiger partial charge is 0.271 e. The van der Waals surface area contributed by atoms with Crippen LogP contribution in [-0.2, 0) is 4.79 Å². The van der Waals surface area contributed by atoms with Crippen molar-refractivity contribution in [3.8, 4) is 17.1 Å². The van der Waals surface area contributed by atoms with Crippen LogP contribution < -0.4 is 24.9 Å². The summed E-state index contributed by atoms with van der Waals surface area (Å²) in [7, 11) is 1.47. The van der Waals surface area contributed by atoms with Crippen LogP contribution in [0.2, 0.25) is 0 Å². The minimum absolute atomic E-state index is 0.104. The molecule has 5 aromatic rings. The molecule has 210 valence electrons. The van der Waals surface area contributed by atoms with E-state index in [0.29, 0.717) is 49.1 Å². The second-order valence-electron chi connectivity index (χ2n) is 9.26. The molecule has 0 radical (unpaired) electrons. The number of nitrogens with zero attached hydrogens (tertiary/aromatic N) is 3. The maximum absolute atomic E-state index is 13.8. The first kappa shape index (κ1) is 27.1. The number of fused-ring (bicyclic) bond motifs is 1. The van der Waals surface area contributed by atoms with E-state index in [4.69, 9.17) is 9.15 Å². The van der Waals surface area contributed by atoms with Crippen molar-refractivity contribution in [2.24, 2.45) is 4.99 Å². The lowest BCUT2D eigenvalue weighted by molar-refractivity contribution is -0.384. The van der Waals surface area contributed by atoms with Crippen LogP contribution in [0.4, 0.5) is 11.4 Å². The first-order chi connectivity index (χ1) is 20.3. The van der Waals surface area contributed by atoms with E-state index in [2.05, 4.69) is 10.3 Å². The summed E-state index contributed by atoms with van der Waals surface area (Å²) in [5.41, 5.74) is 1.54. The number of non-ortho nitro benzene ring substituents is 1. The first-order valence-electron chi connectivity index (χ1n) is 12.7. The number of methoxy groups -OCH3 is 1. The molecular formula is C30H22N4O6S2. The molecule has 2 aromatic carbocycles. The number of thiazole rings is 1. The maximum atomic E-state index is 13.8. The summed E-state index contributed by atoms with van der Waals surface area (Å²) >= 11 is 2.64. The molecule has 1 unspecified atom stereocenters. The number of allylic oxidation sites excluding steroid dienone is 1. The number of furan rings is 1. The number of thiophene rings is 1. The lowest BCUT2D eigenvalue weighted by Crippen LogP contribution is -2.40. The first-order valence-corrected chi connectivity index (χ1v) is 14.4. The minimum Gasteiger partial charge on any atom is -0.496 e. The van der Waals surface area contributed by atoms with Crippen molar-refractivity contribution in [1.29, 1.82) is 0 Å². The number of nitro groups is 1. The summed E-state index contributed by atoms with van der Waals surface area (Å²) in [4.78, 5) is 44.2. The van der Waals surface area contributed by atoms with Crippen molar-refractivity contribution in [3.63, 3.8) is 0 Å². The minimum atomic E-state index is -0.659. The molecule has 3 aromatic heterocycles. The van der Waals surface area contributed by atoms with Crippen molar-refractivity contribution in [2.45, 2.75) is 13.0 Å². The van der Waals surface area contributed by atoms with E-state index in [1.54, 1.807) is 41.8 Å². The fourth-order valence-electron chi connectivity index (χ4n) is 4.75. The number of aromatic nitrogens is 1. The summed E-state index contributed by atoms with van der Waals surface area (Å²) in [5.74, 6) is 0.793. The standard InChI is InChI=1S/C30H22N4O6S2/c1-17-26(28(35)32-18-7-4-3-5-8-18)27(24-9-6-14-41-24)33-29(36)25(42-30(33)31-17)16-20-11-13-23(40-20)21-15-19(34(37)38)10-12-22(21)39-2/h3-16,27H,1-2H3,(H,32,35)/b25-16-. The molecule has 42 heavy (non-hydrogen) atoms. The van der Waals surface area contributed by atoms with Gasteiger partial charge in [0.1, 0.15) is 23.3 Å². The van der Waals surface area contributed by atoms with Gasteiger partial charge in [-0.2, -0.15) is 0 Å². The van der Waals surface area contributed by atoms with Gasteiger partial charge in [-0.1, -0.05) is 35.6 Å². The Hall–Kier alpha value is -5.07. The number of hydrogen-bond acceptors (Lipinski definition) is 9. The summed E-state index contributed by atoms with van der Waals surface area (Å²) < 4.78 is 13.3. The molecule has 0 saturated carbocycles. The molecule has 0 saturated heterocycles. The summed E-state index contributed by atoms with van der Waals surface area (Å²) in [6, 6.07) is 19.8. The number of nitrogens with one attached hydrogen (secondary N) is 1. The molecule has 6 rings (SSSR count). The number of carbonyl (C=O) groups is 1. The molecule has 1 aliphatic heterocycles. The van der Waals surface area contributed by atoms with Gasteiger partial charge in [-0.15, -0.1) is 11.3 Å². The SMILES string of the molecule is COc1ccc([N+](=O)[O-])cc1-c1ccc(/C=c2\sc3n(c2=O)C(c2cccs2)C(C(=O)Nc2ccccc2)=C(C)N=3)o1. The van der Waals surface area contributed by atoms with Crippen LogP contribution in [0.25, 0.3) is 17.4 Å². The normalized spacial score (nSPS) is 14.8. The fraction of sp³-hybridized carbons (Fsp3) is 0.100. The number of hydrogen-bond donors (Lipinski definition) is 1. The fourth-order valence-corrected chi connectivity index (χ4v) is 6.60. The third kappa shape index (κ3) is 4.97. The topological polar surface area (TPSA) is 129 Å². The number of ether oxygens (including phenoxy) is 1. The Morgan fingerprint density at radius 2 is 1.95 bits per heavy atom. The highest BCUT2D eigenvalue weighted by atomic mass is 32.1. The van der Waals surface area contributed by atoms with Gasteiger partial charge in [-0.05, 0) is 48.7 Å². The number of para-hydroxylation sites is 1. The predicted molar refractivity (Wildman–Crippen MR) is 161 cm³/mol. The molecule has 12 heteroatoms. The second kappa shape index (κ2) is 11.1. The van der Waals surface area contributed by atoms with Crippen LogP contribution >= 0.6 is 22.7 Å². The zero-order chi connectivity index (χ0) is 29.4. The van der Waals surface area contributed by atoms with Crippen molar-refractivity contribution in [1.82, 2.24) is 4.57 Å². The highest BCUT2D eigenvalue weighted by Gasteiger charge is 2.33. The molecule has 1 atom stereocenters. The van der Waals surface area contributed by atoms with E-state index in [9.17, 15) is 19.7 Å². The average Bonchev–Trinajstić information content (AvgIpc) is 3.74. The zero-order valence-corrected chi connectivity index (χ0v) is 23.9. The van der Waals surface area contributed by atoms with Crippen LogP contribution in [0.1, 0.15) is 23.6 Å². The van der Waals surface area contributed by atoms with E-state index >= 15 is 0 Å². The van der Waals surface area contributed by atoms with Crippen molar-refractivity contribution < 1.29 is 18.9 Å². The van der Waals surface area contributed by atoms with Crippen LogP contribution in [0.15, 0.2) is 104 Å². The van der Waals surface area contributed by atoms with Gasteiger partial charge in [0.05, 0.1) is 33.4 Å². The molecule has 0 fully saturated rings. The van der Waals surface area contributed by atoms with E-state index < -0.39 is 11.0 Å². The van der Waals surface area contributed by atoms with Crippen LogP contribution in [0, 0.1) is 10.1 Å². The average molecular weight is 599 g/mol. The Bertz CT molecular complexity index is 2040. The van der Waals surface area contributed by atoms with E-state index in [-0.39, 0.29) is 17.2 Å². The quantitative estimate of drug-likeness (QED) is 0.205. The summed E-state index contributed by atoms with van der Waals surface area (Å²) in [6.07, 6.45) is 1.60. The van der Waals surface area contributed by atoms with Gasteiger partial charge in [0, 0.05) is 28.8 Å². The number of amides is 1. The van der Waals surface area contributed by atoms with E-state index in [1.165, 1.54) is 48.0 Å². The Kier molecular flexibility index (Phi) is 7.15. The largest absolute Gasteiger partial charge is 0.496 e. The van der Waals surface area contributed by atoms with Crippen LogP contribution in [-0.4, -0.2) is 22.5 Å². The Morgan fingerprint density at radius 3 is 2.67 bits per heavy atom. The Morgan fingerprint density at radius 1 is 1.14 bits per heavy atom. The van der Waals surface area contributed by atoms with Gasteiger partial charge in [0.15, 0.2) is 4.80 Å². The third-order valence-electron chi connectivity index (χ3n) is 6.67. The molecule has 10 nitrogen and oxygen atoms in total. The highest BCUT2D eigenvalue weighted by molar-refractivity contribution is 7.10. The van der Waals surface area contributed by atoms with E-state index in [0.717, 1.165) is 4.88 Å². The summed E-state index contributed by atoms with van der Waals surface area (Å²) in [5, 5.41) is 16.1. The molecule has 1 amide bonds. The van der Waals surface area contributed by atoms with Crippen molar-refractivity contribution in [3.05, 3.63) is 130 Å². The number of carbonyl (C=O) groups excluding carboxylic acids is 1. The van der Waals surface area contributed by atoms with Crippen LogP contribution in [0.3, 0.4) is 0 Å². The molecule has 0 aliphatic carbocycles. The van der Waals surface area contributed by atoms with Gasteiger partial charge in [-0.3, -0.25) is 24.3 Å². The predicted octanol–water partition coefficient (Wildman–Crippen LogP) is 5.11. The second-order valence-corrected chi connectivity index (χ2v) is 11.2. The van der Waals surface area contributed by atoms with E-state index in [1.807, 2.05) is 35.7 Å². The molecule has 1 aliphatic rings. The van der Waals surface area contributed by atoms with Crippen molar-refractivity contribution >= 4 is 46.0 Å². The van der Waals surface area contributed by atoms with Gasteiger partial charge in [0.25, 0.3) is 17.2 Å². The molecule has 0 spiro atoms. The van der Waals surface area contributed by atoms with Gasteiger partial charge in [0.2, 0.25) is 0 Å². The monoisotopic (exact) mass is 598 g/mol. The zero-order valence-electron chi connectivity index (χ0n) is 22.3. The molecule has 0 bridgehead atoms. The Balaban J connectivity index is 1.42. The lowest BCUT2D eigenvalue weighted by atomic mass is 10.0. The van der Waals surface area contributed by atoms with Crippen LogP contribution in [0.5, 0.6) is 5.75 Å². The Labute approximate surface area is 246 Å². The maximum Gasteiger partial charge on any atom is 0.271 e.